The molecule has 0 radical (unpaired) electrons. The molecule has 0 spiro atoms. The summed E-state index contributed by atoms with van der Waals surface area (Å²) in [6, 6.07) is 4.41. The van der Waals surface area contributed by atoms with Crippen LogP contribution in [-0.4, -0.2) is 25.0 Å². The van der Waals surface area contributed by atoms with Gasteiger partial charge >= 0.3 is 6.61 Å². The number of rotatable bonds is 4. The molecule has 1 heterocycles. The zero-order valence-corrected chi connectivity index (χ0v) is 11.8. The molecule has 0 bridgehead atoms. The number of ether oxygens (including phenoxy) is 1. The first kappa shape index (κ1) is 14.7. The number of halogens is 3. The van der Waals surface area contributed by atoms with Crippen LogP contribution in [0.5, 0.6) is 5.75 Å². The van der Waals surface area contributed by atoms with Crippen molar-refractivity contribution in [3.63, 3.8) is 0 Å². The van der Waals surface area contributed by atoms with Crippen molar-refractivity contribution in [1.82, 2.24) is 0 Å². The zero-order valence-electron chi connectivity index (χ0n) is 10.2. The third-order valence-corrected chi connectivity index (χ3v) is 3.45. The van der Waals surface area contributed by atoms with E-state index in [1.807, 2.05) is 0 Å². The minimum absolute atomic E-state index is 0.0283. The number of nitrogens with two attached hydrogens (primary N) is 1. The Morgan fingerprint density at radius 1 is 1.50 bits per heavy atom. The van der Waals surface area contributed by atoms with Gasteiger partial charge in [0, 0.05) is 17.4 Å². The molecule has 0 aliphatic carbocycles. The minimum atomic E-state index is -3.01. The van der Waals surface area contributed by atoms with Gasteiger partial charge in [-0.1, -0.05) is 15.9 Å². The molecule has 1 aromatic carbocycles. The molecule has 2 rings (SSSR count). The Morgan fingerprint density at radius 2 is 2.20 bits per heavy atom. The van der Waals surface area contributed by atoms with Gasteiger partial charge in [0.15, 0.2) is 5.75 Å². The van der Waals surface area contributed by atoms with Gasteiger partial charge in [-0.15, -0.1) is 0 Å². The summed E-state index contributed by atoms with van der Waals surface area (Å²) in [5, 5.41) is 0. The summed E-state index contributed by atoms with van der Waals surface area (Å²) in [5.74, 6) is -1.69. The number of amides is 2. The van der Waals surface area contributed by atoms with E-state index in [-0.39, 0.29) is 30.3 Å². The lowest BCUT2D eigenvalue weighted by atomic mass is 10.1. The predicted octanol–water partition coefficient (Wildman–Crippen LogP) is 1.89. The number of nitrogens with zero attached hydrogens (tertiary/aromatic N) is 1. The number of primary amides is 1. The largest absolute Gasteiger partial charge is 0.433 e. The molecule has 5 nitrogen and oxygen atoms in total. The number of carbonyl (C=O) groups excluding carboxylic acids is 2. The van der Waals surface area contributed by atoms with Gasteiger partial charge < -0.3 is 15.4 Å². The maximum atomic E-state index is 12.4. The number of hydrogen-bond acceptors (Lipinski definition) is 3. The SMILES string of the molecule is NC(=O)C1CC(=O)N(c2ccc(Br)cc2OC(F)F)C1. The summed E-state index contributed by atoms with van der Waals surface area (Å²) in [7, 11) is 0. The van der Waals surface area contributed by atoms with Crippen LogP contribution in [0.2, 0.25) is 0 Å². The Kier molecular flexibility index (Phi) is 4.22. The molecule has 1 saturated heterocycles. The Labute approximate surface area is 121 Å². The van der Waals surface area contributed by atoms with Crippen molar-refractivity contribution in [3.05, 3.63) is 22.7 Å². The number of hydrogen-bond donors (Lipinski definition) is 1. The highest BCUT2D eigenvalue weighted by molar-refractivity contribution is 9.10. The van der Waals surface area contributed by atoms with Gasteiger partial charge in [-0.25, -0.2) is 0 Å². The summed E-state index contributed by atoms with van der Waals surface area (Å²) < 4.78 is 29.8. The van der Waals surface area contributed by atoms with Crippen LogP contribution < -0.4 is 15.4 Å². The first-order valence-corrected chi connectivity index (χ1v) is 6.52. The van der Waals surface area contributed by atoms with Gasteiger partial charge in [0.05, 0.1) is 11.6 Å². The first-order valence-electron chi connectivity index (χ1n) is 5.72. The third kappa shape index (κ3) is 3.06. The first-order chi connectivity index (χ1) is 9.38. The fraction of sp³-hybridized carbons (Fsp3) is 0.333. The van der Waals surface area contributed by atoms with Gasteiger partial charge in [0.2, 0.25) is 11.8 Å². The van der Waals surface area contributed by atoms with E-state index in [1.165, 1.54) is 17.0 Å². The number of alkyl halides is 2. The highest BCUT2D eigenvalue weighted by Crippen LogP contribution is 2.36. The molecule has 1 aliphatic heterocycles. The van der Waals surface area contributed by atoms with E-state index in [9.17, 15) is 18.4 Å². The van der Waals surface area contributed by atoms with Crippen LogP contribution in [0.15, 0.2) is 22.7 Å². The number of benzene rings is 1. The summed E-state index contributed by atoms with van der Waals surface area (Å²) >= 11 is 3.14. The van der Waals surface area contributed by atoms with Crippen molar-refractivity contribution in [1.29, 1.82) is 0 Å². The lowest BCUT2D eigenvalue weighted by Crippen LogP contribution is -2.28. The molecule has 0 aromatic heterocycles. The van der Waals surface area contributed by atoms with Gasteiger partial charge in [-0.05, 0) is 18.2 Å². The molecule has 1 aromatic rings. The summed E-state index contributed by atoms with van der Waals surface area (Å²) in [6.45, 7) is -2.94. The lowest BCUT2D eigenvalue weighted by molar-refractivity contribution is -0.123. The van der Waals surface area contributed by atoms with Crippen LogP contribution >= 0.6 is 15.9 Å². The zero-order chi connectivity index (χ0) is 14.9. The van der Waals surface area contributed by atoms with E-state index in [0.29, 0.717) is 4.47 Å². The highest BCUT2D eigenvalue weighted by Gasteiger charge is 2.35. The standard InChI is InChI=1S/C12H11BrF2N2O3/c13-7-1-2-8(9(4-7)20-12(14)15)17-5-6(11(16)19)3-10(17)18/h1-2,4,6,12H,3,5H2,(H2,16,19). The molecule has 1 atom stereocenters. The number of anilines is 1. The second-order valence-electron chi connectivity index (χ2n) is 4.30. The third-order valence-electron chi connectivity index (χ3n) is 2.96. The highest BCUT2D eigenvalue weighted by atomic mass is 79.9. The van der Waals surface area contributed by atoms with E-state index in [1.54, 1.807) is 6.07 Å². The second kappa shape index (κ2) is 5.74. The van der Waals surface area contributed by atoms with Crippen LogP contribution in [0.1, 0.15) is 6.42 Å². The molecule has 0 saturated carbocycles. The summed E-state index contributed by atoms with van der Waals surface area (Å²) in [5.41, 5.74) is 5.36. The monoisotopic (exact) mass is 348 g/mol. The number of carbonyl (C=O) groups is 2. The topological polar surface area (TPSA) is 72.6 Å². The van der Waals surface area contributed by atoms with Gasteiger partial charge in [-0.3, -0.25) is 9.59 Å². The van der Waals surface area contributed by atoms with Crippen molar-refractivity contribution in [2.75, 3.05) is 11.4 Å². The quantitative estimate of drug-likeness (QED) is 0.902. The molecule has 1 unspecified atom stereocenters. The summed E-state index contributed by atoms with van der Waals surface area (Å²) in [6.07, 6.45) is -0.0283. The van der Waals surface area contributed by atoms with Crippen molar-refractivity contribution in [2.24, 2.45) is 11.7 Å². The fourth-order valence-corrected chi connectivity index (χ4v) is 2.37. The molecule has 108 valence electrons. The van der Waals surface area contributed by atoms with E-state index >= 15 is 0 Å². The van der Waals surface area contributed by atoms with Crippen LogP contribution in [-0.2, 0) is 9.59 Å². The van der Waals surface area contributed by atoms with Crippen LogP contribution in [0, 0.1) is 5.92 Å². The molecule has 2 amide bonds. The maximum absolute atomic E-state index is 12.4. The predicted molar refractivity (Wildman–Crippen MR) is 70.4 cm³/mol. The Balaban J connectivity index is 2.32. The molecule has 1 aliphatic rings. The lowest BCUT2D eigenvalue weighted by Gasteiger charge is -2.20. The average Bonchev–Trinajstić information content (AvgIpc) is 2.71. The Morgan fingerprint density at radius 3 is 2.75 bits per heavy atom. The van der Waals surface area contributed by atoms with Crippen LogP contribution in [0.3, 0.4) is 0 Å². The van der Waals surface area contributed by atoms with Gasteiger partial charge in [-0.2, -0.15) is 8.78 Å². The van der Waals surface area contributed by atoms with Crippen molar-refractivity contribution >= 4 is 33.4 Å². The van der Waals surface area contributed by atoms with Gasteiger partial charge in [0.25, 0.3) is 0 Å². The average molecular weight is 349 g/mol. The normalized spacial score (nSPS) is 18.7. The molecular weight excluding hydrogens is 338 g/mol. The Bertz CT molecular complexity index is 554. The van der Waals surface area contributed by atoms with Crippen LogP contribution in [0.4, 0.5) is 14.5 Å². The second-order valence-corrected chi connectivity index (χ2v) is 5.21. The van der Waals surface area contributed by atoms with Crippen molar-refractivity contribution in [3.8, 4) is 5.75 Å². The summed E-state index contributed by atoms with van der Waals surface area (Å²) in [4.78, 5) is 24.2. The molecule has 8 heteroatoms. The Hall–Kier alpha value is -1.70. The molecule has 20 heavy (non-hydrogen) atoms. The van der Waals surface area contributed by atoms with E-state index in [0.717, 1.165) is 0 Å². The van der Waals surface area contributed by atoms with E-state index in [4.69, 9.17) is 5.73 Å². The van der Waals surface area contributed by atoms with Gasteiger partial charge in [0.1, 0.15) is 0 Å². The van der Waals surface area contributed by atoms with Crippen molar-refractivity contribution < 1.29 is 23.1 Å². The smallest absolute Gasteiger partial charge is 0.387 e. The van der Waals surface area contributed by atoms with Crippen molar-refractivity contribution in [2.45, 2.75) is 13.0 Å². The molecular formula is C12H11BrF2N2O3. The molecule has 2 N–H and O–H groups in total. The molecule has 1 fully saturated rings. The van der Waals surface area contributed by atoms with E-state index < -0.39 is 18.4 Å². The minimum Gasteiger partial charge on any atom is -0.433 e. The van der Waals surface area contributed by atoms with E-state index in [2.05, 4.69) is 20.7 Å². The maximum Gasteiger partial charge on any atom is 0.387 e. The van der Waals surface area contributed by atoms with Crippen LogP contribution in [0.25, 0.3) is 0 Å². The fourth-order valence-electron chi connectivity index (χ4n) is 2.03.